The first-order valence-corrected chi connectivity index (χ1v) is 3.59. The zero-order chi connectivity index (χ0) is 10.0. The molecule has 0 aromatic carbocycles. The molecule has 0 aliphatic carbocycles. The van der Waals surface area contributed by atoms with Gasteiger partial charge in [0.15, 0.2) is 0 Å². The highest BCUT2D eigenvalue weighted by atomic mass is 16.1. The zero-order valence-electron chi connectivity index (χ0n) is 7.07. The number of rotatable bonds is 2. The fourth-order valence-corrected chi connectivity index (χ4v) is 1.05. The molecule has 0 saturated carbocycles. The van der Waals surface area contributed by atoms with Gasteiger partial charge in [0.05, 0.1) is 0 Å². The van der Waals surface area contributed by atoms with Crippen molar-refractivity contribution < 1.29 is 9.59 Å². The molecule has 0 atom stereocenters. The van der Waals surface area contributed by atoms with Gasteiger partial charge in [0.25, 0.3) is 5.91 Å². The van der Waals surface area contributed by atoms with E-state index in [2.05, 4.69) is 4.98 Å². The average Bonchev–Trinajstić information content (AvgIpc) is 2.03. The van der Waals surface area contributed by atoms with Gasteiger partial charge in [0.1, 0.15) is 5.69 Å². The summed E-state index contributed by atoms with van der Waals surface area (Å²) < 4.78 is 0. The number of nitrogens with zero attached hydrogens (tertiary/aromatic N) is 1. The highest BCUT2D eigenvalue weighted by Crippen LogP contribution is 2.09. The Morgan fingerprint density at radius 3 is 2.38 bits per heavy atom. The molecule has 1 heterocycles. The van der Waals surface area contributed by atoms with Gasteiger partial charge in [-0.25, -0.2) is 0 Å². The van der Waals surface area contributed by atoms with Crippen molar-refractivity contribution in [1.29, 1.82) is 0 Å². The number of primary amides is 2. The molecular formula is C8H9N3O2. The van der Waals surface area contributed by atoms with E-state index in [1.165, 1.54) is 12.3 Å². The quantitative estimate of drug-likeness (QED) is 0.645. The molecule has 1 aromatic rings. The van der Waals surface area contributed by atoms with Gasteiger partial charge in [0.2, 0.25) is 5.91 Å². The molecule has 0 spiro atoms. The number of hydrogen-bond donors (Lipinski definition) is 2. The van der Waals surface area contributed by atoms with E-state index in [1.54, 1.807) is 6.92 Å². The number of carbonyl (C=O) groups is 2. The second kappa shape index (κ2) is 3.22. The van der Waals surface area contributed by atoms with Crippen molar-refractivity contribution in [2.75, 3.05) is 0 Å². The van der Waals surface area contributed by atoms with Gasteiger partial charge in [0, 0.05) is 11.8 Å². The maximum Gasteiger partial charge on any atom is 0.267 e. The van der Waals surface area contributed by atoms with Crippen LogP contribution >= 0.6 is 0 Å². The predicted octanol–water partition coefficient (Wildman–Crippen LogP) is -0.412. The first kappa shape index (κ1) is 9.18. The van der Waals surface area contributed by atoms with Crippen LogP contribution < -0.4 is 11.5 Å². The van der Waals surface area contributed by atoms with Crippen molar-refractivity contribution >= 4 is 11.8 Å². The lowest BCUT2D eigenvalue weighted by molar-refractivity contribution is 0.0995. The summed E-state index contributed by atoms with van der Waals surface area (Å²) in [5, 5.41) is 0. The smallest absolute Gasteiger partial charge is 0.267 e. The van der Waals surface area contributed by atoms with Crippen molar-refractivity contribution in [3.63, 3.8) is 0 Å². The molecule has 0 bridgehead atoms. The van der Waals surface area contributed by atoms with Crippen molar-refractivity contribution in [3.8, 4) is 0 Å². The summed E-state index contributed by atoms with van der Waals surface area (Å²) in [7, 11) is 0. The van der Waals surface area contributed by atoms with Crippen LogP contribution in [0, 0.1) is 6.92 Å². The summed E-state index contributed by atoms with van der Waals surface area (Å²) in [4.78, 5) is 25.4. The molecule has 2 amide bonds. The lowest BCUT2D eigenvalue weighted by Crippen LogP contribution is -2.19. The Labute approximate surface area is 74.7 Å². The minimum absolute atomic E-state index is 0.0799. The molecular weight excluding hydrogens is 170 g/mol. The Bertz CT molecular complexity index is 341. The van der Waals surface area contributed by atoms with Crippen LogP contribution in [0.25, 0.3) is 0 Å². The van der Waals surface area contributed by atoms with Crippen LogP contribution in [0.2, 0.25) is 0 Å². The van der Waals surface area contributed by atoms with Crippen molar-refractivity contribution in [3.05, 3.63) is 29.1 Å². The minimum Gasteiger partial charge on any atom is -0.366 e. The molecule has 4 N–H and O–H groups in total. The van der Waals surface area contributed by atoms with E-state index in [0.29, 0.717) is 5.56 Å². The largest absolute Gasteiger partial charge is 0.366 e. The second-order valence-electron chi connectivity index (χ2n) is 2.56. The number of pyridine rings is 1. The Hall–Kier alpha value is -1.91. The van der Waals surface area contributed by atoms with Gasteiger partial charge >= 0.3 is 0 Å². The molecule has 13 heavy (non-hydrogen) atoms. The SMILES string of the molecule is Cc1c(C(N)=O)ccnc1C(N)=O. The Morgan fingerprint density at radius 1 is 1.31 bits per heavy atom. The number of nitrogens with two attached hydrogens (primary N) is 2. The Kier molecular flexibility index (Phi) is 2.27. The normalized spacial score (nSPS) is 9.62. The van der Waals surface area contributed by atoms with Gasteiger partial charge in [-0.1, -0.05) is 0 Å². The monoisotopic (exact) mass is 179 g/mol. The maximum atomic E-state index is 10.8. The topological polar surface area (TPSA) is 99.1 Å². The van der Waals surface area contributed by atoms with Crippen LogP contribution in [0.3, 0.4) is 0 Å². The number of carbonyl (C=O) groups excluding carboxylic acids is 2. The fourth-order valence-electron chi connectivity index (χ4n) is 1.05. The summed E-state index contributed by atoms with van der Waals surface area (Å²) >= 11 is 0. The highest BCUT2D eigenvalue weighted by molar-refractivity contribution is 5.99. The van der Waals surface area contributed by atoms with Gasteiger partial charge in [-0.05, 0) is 18.6 Å². The molecule has 0 radical (unpaired) electrons. The maximum absolute atomic E-state index is 10.8. The van der Waals surface area contributed by atoms with Crippen LogP contribution in [0.5, 0.6) is 0 Å². The van der Waals surface area contributed by atoms with E-state index in [1.807, 2.05) is 0 Å². The van der Waals surface area contributed by atoms with Gasteiger partial charge in [-0.2, -0.15) is 0 Å². The van der Waals surface area contributed by atoms with Gasteiger partial charge < -0.3 is 11.5 Å². The van der Waals surface area contributed by atoms with Crippen LogP contribution in [0.4, 0.5) is 0 Å². The van der Waals surface area contributed by atoms with E-state index in [4.69, 9.17) is 11.5 Å². The number of hydrogen-bond acceptors (Lipinski definition) is 3. The fraction of sp³-hybridized carbons (Fsp3) is 0.125. The van der Waals surface area contributed by atoms with E-state index >= 15 is 0 Å². The summed E-state index contributed by atoms with van der Waals surface area (Å²) in [6, 6.07) is 1.45. The third-order valence-electron chi connectivity index (χ3n) is 1.70. The van der Waals surface area contributed by atoms with E-state index in [-0.39, 0.29) is 11.3 Å². The molecule has 68 valence electrons. The minimum atomic E-state index is -0.666. The second-order valence-corrected chi connectivity index (χ2v) is 2.56. The molecule has 0 aliphatic rings. The van der Waals surface area contributed by atoms with E-state index in [9.17, 15) is 9.59 Å². The first-order valence-electron chi connectivity index (χ1n) is 3.59. The lowest BCUT2D eigenvalue weighted by atomic mass is 10.1. The number of amides is 2. The lowest BCUT2D eigenvalue weighted by Gasteiger charge is -2.03. The summed E-state index contributed by atoms with van der Waals surface area (Å²) in [6.07, 6.45) is 1.33. The summed E-state index contributed by atoms with van der Waals surface area (Å²) in [6.45, 7) is 1.58. The Morgan fingerprint density at radius 2 is 1.92 bits per heavy atom. The molecule has 0 saturated heterocycles. The highest BCUT2D eigenvalue weighted by Gasteiger charge is 2.12. The van der Waals surface area contributed by atoms with Crippen molar-refractivity contribution in [2.45, 2.75) is 6.92 Å². The molecule has 5 heteroatoms. The average molecular weight is 179 g/mol. The molecule has 0 unspecified atom stereocenters. The van der Waals surface area contributed by atoms with Gasteiger partial charge in [-0.3, -0.25) is 14.6 Å². The van der Waals surface area contributed by atoms with Crippen LogP contribution in [0.1, 0.15) is 26.4 Å². The van der Waals surface area contributed by atoms with Crippen LogP contribution in [-0.2, 0) is 0 Å². The third-order valence-corrected chi connectivity index (χ3v) is 1.70. The van der Waals surface area contributed by atoms with Crippen LogP contribution in [-0.4, -0.2) is 16.8 Å². The summed E-state index contributed by atoms with van der Waals surface area (Å²) in [5.41, 5.74) is 10.9. The Balaban J connectivity index is 3.35. The standard InChI is InChI=1S/C8H9N3O2/c1-4-5(7(9)12)2-3-11-6(4)8(10)13/h2-3H,1H3,(H2,9,12)(H2,10,13). The van der Waals surface area contributed by atoms with Crippen molar-refractivity contribution in [1.82, 2.24) is 4.98 Å². The molecule has 1 aromatic heterocycles. The number of aromatic nitrogens is 1. The predicted molar refractivity (Wildman–Crippen MR) is 46.0 cm³/mol. The third kappa shape index (κ3) is 1.64. The first-order chi connectivity index (χ1) is 6.04. The zero-order valence-corrected chi connectivity index (χ0v) is 7.07. The van der Waals surface area contributed by atoms with E-state index in [0.717, 1.165) is 0 Å². The molecule has 0 aliphatic heterocycles. The summed E-state index contributed by atoms with van der Waals surface area (Å²) in [5.74, 6) is -1.26. The molecule has 5 nitrogen and oxygen atoms in total. The van der Waals surface area contributed by atoms with Crippen molar-refractivity contribution in [2.24, 2.45) is 11.5 Å². The molecule has 1 rings (SSSR count). The molecule has 0 fully saturated rings. The van der Waals surface area contributed by atoms with E-state index < -0.39 is 11.8 Å². The van der Waals surface area contributed by atoms with Gasteiger partial charge in [-0.15, -0.1) is 0 Å². The van der Waals surface area contributed by atoms with Crippen LogP contribution in [0.15, 0.2) is 12.3 Å².